The van der Waals surface area contributed by atoms with E-state index in [0.717, 1.165) is 0 Å². The molecule has 0 nitrogen and oxygen atoms in total. The standard InChI is InChI=1S/C4H6F3/c1-3(2)4(5,6)7/h1-2H3/i1D3,2D3. The van der Waals surface area contributed by atoms with Crippen LogP contribution in [0.1, 0.15) is 21.9 Å². The van der Waals surface area contributed by atoms with Gasteiger partial charge in [0.2, 0.25) is 0 Å². The Labute approximate surface area is 48.8 Å². The Balaban J connectivity index is 5.02. The van der Waals surface area contributed by atoms with E-state index < -0.39 is 25.8 Å². The summed E-state index contributed by atoms with van der Waals surface area (Å²) in [6.45, 7) is -7.27. The fourth-order valence-electron chi connectivity index (χ4n) is 0. The van der Waals surface area contributed by atoms with Crippen molar-refractivity contribution in [3.05, 3.63) is 5.92 Å². The molecule has 0 fully saturated rings. The highest BCUT2D eigenvalue weighted by molar-refractivity contribution is 4.85. The van der Waals surface area contributed by atoms with E-state index in [0.29, 0.717) is 0 Å². The van der Waals surface area contributed by atoms with E-state index in [-0.39, 0.29) is 0 Å². The lowest BCUT2D eigenvalue weighted by Gasteiger charge is -2.06. The topological polar surface area (TPSA) is 0 Å². The van der Waals surface area contributed by atoms with Crippen molar-refractivity contribution in [1.82, 2.24) is 0 Å². The summed E-state index contributed by atoms with van der Waals surface area (Å²) in [5.41, 5.74) is 0. The van der Waals surface area contributed by atoms with Crippen molar-refractivity contribution in [3.8, 4) is 0 Å². The van der Waals surface area contributed by atoms with Crippen molar-refractivity contribution >= 4 is 0 Å². The molecule has 3 heteroatoms. The van der Waals surface area contributed by atoms with Crippen LogP contribution in [0.2, 0.25) is 0 Å². The minimum Gasteiger partial charge on any atom is -0.170 e. The van der Waals surface area contributed by atoms with E-state index in [1.54, 1.807) is 0 Å². The molecule has 0 aliphatic heterocycles. The predicted molar refractivity (Wildman–Crippen MR) is 20.6 cm³/mol. The summed E-state index contributed by atoms with van der Waals surface area (Å²) in [6, 6.07) is 0. The van der Waals surface area contributed by atoms with Crippen molar-refractivity contribution in [2.24, 2.45) is 0 Å². The van der Waals surface area contributed by atoms with Crippen LogP contribution in [0, 0.1) is 5.92 Å². The molecule has 7 heavy (non-hydrogen) atoms. The zero-order chi connectivity index (χ0) is 11.1. The summed E-state index contributed by atoms with van der Waals surface area (Å²) < 4.78 is 74.4. The van der Waals surface area contributed by atoms with Crippen LogP contribution in [-0.2, 0) is 0 Å². The largest absolute Gasteiger partial charge is 0.394 e. The second kappa shape index (κ2) is 1.72. The molecule has 0 bridgehead atoms. The van der Waals surface area contributed by atoms with Gasteiger partial charge in [0.25, 0.3) is 0 Å². The maximum Gasteiger partial charge on any atom is 0.394 e. The third-order valence-corrected chi connectivity index (χ3v) is 0.283. The van der Waals surface area contributed by atoms with Gasteiger partial charge >= 0.3 is 6.18 Å². The highest BCUT2D eigenvalue weighted by atomic mass is 19.4. The summed E-state index contributed by atoms with van der Waals surface area (Å²) in [4.78, 5) is 0. The van der Waals surface area contributed by atoms with Crippen molar-refractivity contribution in [1.29, 1.82) is 0 Å². The number of hydrogen-bond acceptors (Lipinski definition) is 0. The lowest BCUT2D eigenvalue weighted by atomic mass is 10.2. The fraction of sp³-hybridized carbons (Fsp3) is 0.750. The lowest BCUT2D eigenvalue weighted by Crippen LogP contribution is -2.13. The van der Waals surface area contributed by atoms with Crippen LogP contribution in [0.15, 0.2) is 0 Å². The van der Waals surface area contributed by atoms with Crippen LogP contribution in [0.3, 0.4) is 0 Å². The van der Waals surface area contributed by atoms with Crippen LogP contribution in [0.4, 0.5) is 13.2 Å². The quantitative estimate of drug-likeness (QED) is 0.456. The highest BCUT2D eigenvalue weighted by Gasteiger charge is 2.32. The Bertz CT molecular complexity index is 143. The monoisotopic (exact) mass is 117 g/mol. The molecule has 0 spiro atoms. The third-order valence-electron chi connectivity index (χ3n) is 0.283. The minimum atomic E-state index is -5.32. The summed E-state index contributed by atoms with van der Waals surface area (Å²) >= 11 is 0. The first-order chi connectivity index (χ1) is 5.37. The molecule has 0 N–H and O–H groups in total. The normalized spacial score (nSPS) is 29.1. The van der Waals surface area contributed by atoms with Crippen LogP contribution in [0.25, 0.3) is 0 Å². The zero-order valence-electron chi connectivity index (χ0n) is 9.13. The van der Waals surface area contributed by atoms with E-state index in [2.05, 4.69) is 0 Å². The highest BCUT2D eigenvalue weighted by Crippen LogP contribution is 2.25. The first-order valence-electron chi connectivity index (χ1n) is 4.32. The summed E-state index contributed by atoms with van der Waals surface area (Å²) in [5, 5.41) is 0. The van der Waals surface area contributed by atoms with Gasteiger partial charge in [-0.3, -0.25) is 0 Å². The Morgan fingerprint density at radius 3 is 1.86 bits per heavy atom. The minimum absolute atomic E-state index is 2.35. The van der Waals surface area contributed by atoms with Crippen molar-refractivity contribution in [2.45, 2.75) is 19.9 Å². The molecule has 43 valence electrons. The third kappa shape index (κ3) is 2.48. The Morgan fingerprint density at radius 2 is 1.86 bits per heavy atom. The first kappa shape index (κ1) is 1.64. The van der Waals surface area contributed by atoms with Gasteiger partial charge in [-0.25, -0.2) is 0 Å². The maximum absolute atomic E-state index is 12.0. The van der Waals surface area contributed by atoms with Crippen molar-refractivity contribution < 1.29 is 21.4 Å². The van der Waals surface area contributed by atoms with E-state index in [1.165, 1.54) is 0 Å². The number of hydrogen-bond donors (Lipinski definition) is 0. The smallest absolute Gasteiger partial charge is 0.170 e. The van der Waals surface area contributed by atoms with Gasteiger partial charge in [0.1, 0.15) is 0 Å². The van der Waals surface area contributed by atoms with E-state index >= 15 is 0 Å². The molecule has 0 aliphatic rings. The average molecular weight is 117 g/mol. The first-order valence-corrected chi connectivity index (χ1v) is 1.32. The van der Waals surface area contributed by atoms with Gasteiger partial charge in [0.15, 0.2) is 0 Å². The van der Waals surface area contributed by atoms with Crippen LogP contribution < -0.4 is 0 Å². The van der Waals surface area contributed by atoms with Gasteiger partial charge in [-0.2, -0.15) is 13.2 Å². The molecule has 0 rings (SSSR count). The van der Waals surface area contributed by atoms with Crippen LogP contribution in [-0.4, -0.2) is 6.18 Å². The van der Waals surface area contributed by atoms with E-state index in [9.17, 15) is 13.2 Å². The number of alkyl halides is 3. The van der Waals surface area contributed by atoms with Crippen molar-refractivity contribution in [3.63, 3.8) is 0 Å². The summed E-state index contributed by atoms with van der Waals surface area (Å²) in [7, 11) is 0. The Morgan fingerprint density at radius 1 is 1.43 bits per heavy atom. The molecular formula is C4H6F3. The second-order valence-corrected chi connectivity index (χ2v) is 0.873. The molecule has 1 radical (unpaired) electrons. The van der Waals surface area contributed by atoms with Gasteiger partial charge in [0, 0.05) is 8.22 Å². The molecular weight excluding hydrogens is 105 g/mol. The molecule has 0 aromatic rings. The molecule has 0 unspecified atom stereocenters. The van der Waals surface area contributed by atoms with Gasteiger partial charge < -0.3 is 0 Å². The molecule has 0 heterocycles. The fourth-order valence-corrected chi connectivity index (χ4v) is 0. The molecule has 0 saturated heterocycles. The van der Waals surface area contributed by atoms with Gasteiger partial charge in [-0.1, -0.05) is 13.7 Å². The van der Waals surface area contributed by atoms with Crippen LogP contribution in [0.5, 0.6) is 0 Å². The zero-order valence-corrected chi connectivity index (χ0v) is 3.13. The SMILES string of the molecule is [2H]C([2H])([2H])[C](C([2H])([2H])[2H])C(F)(F)F. The van der Waals surface area contributed by atoms with Gasteiger partial charge in [-0.15, -0.1) is 0 Å². The Kier molecular flexibility index (Phi) is 0.402. The molecule has 0 aromatic heterocycles. The molecule has 0 amide bonds. The van der Waals surface area contributed by atoms with Gasteiger partial charge in [-0.05, 0) is 0 Å². The predicted octanol–water partition coefficient (Wildman–Crippen LogP) is 2.16. The lowest BCUT2D eigenvalue weighted by molar-refractivity contribution is -0.111. The van der Waals surface area contributed by atoms with E-state index in [4.69, 9.17) is 8.22 Å². The number of halogens is 3. The van der Waals surface area contributed by atoms with Crippen molar-refractivity contribution in [2.75, 3.05) is 0 Å². The Hall–Kier alpha value is -0.210. The van der Waals surface area contributed by atoms with E-state index in [1.807, 2.05) is 0 Å². The van der Waals surface area contributed by atoms with Crippen LogP contribution >= 0.6 is 0 Å². The number of rotatable bonds is 0. The molecule has 0 aliphatic carbocycles. The summed E-state index contributed by atoms with van der Waals surface area (Å²) in [6.07, 6.45) is -5.32. The van der Waals surface area contributed by atoms with Gasteiger partial charge in [0.05, 0.1) is 5.92 Å². The summed E-state index contributed by atoms with van der Waals surface area (Å²) in [5.74, 6) is -2.35. The molecule has 0 atom stereocenters. The molecule has 0 aromatic carbocycles. The second-order valence-electron chi connectivity index (χ2n) is 0.873. The average Bonchev–Trinajstić information content (AvgIpc) is 1.44. The maximum atomic E-state index is 12.0. The molecule has 0 saturated carbocycles.